The zero-order valence-corrected chi connectivity index (χ0v) is 15.0. The summed E-state index contributed by atoms with van der Waals surface area (Å²) < 4.78 is 28.0. The van der Waals surface area contributed by atoms with Crippen LogP contribution in [0, 0.1) is 11.6 Å². The molecule has 1 aliphatic rings. The zero-order chi connectivity index (χ0) is 19.0. The lowest BCUT2D eigenvalue weighted by Crippen LogP contribution is -2.49. The number of carbonyl (C=O) groups excluding carboxylic acids is 1. The van der Waals surface area contributed by atoms with Gasteiger partial charge in [-0.25, -0.2) is 18.7 Å². The number of para-hydroxylation sites is 1. The predicted molar refractivity (Wildman–Crippen MR) is 99.0 cm³/mol. The summed E-state index contributed by atoms with van der Waals surface area (Å²) in [4.78, 5) is 24.5. The molecule has 8 heteroatoms. The fourth-order valence-electron chi connectivity index (χ4n) is 3.27. The molecule has 2 heterocycles. The van der Waals surface area contributed by atoms with Crippen LogP contribution in [0.15, 0.2) is 42.7 Å². The van der Waals surface area contributed by atoms with Crippen LogP contribution in [0.3, 0.4) is 0 Å². The first-order valence-electron chi connectivity index (χ1n) is 8.43. The van der Waals surface area contributed by atoms with Crippen molar-refractivity contribution in [3.63, 3.8) is 0 Å². The second-order valence-electron chi connectivity index (χ2n) is 6.21. The van der Waals surface area contributed by atoms with Gasteiger partial charge in [0.1, 0.15) is 29.3 Å². The number of piperazine rings is 1. The molecule has 1 aromatic heterocycles. The van der Waals surface area contributed by atoms with Crippen molar-refractivity contribution in [1.29, 1.82) is 0 Å². The van der Waals surface area contributed by atoms with E-state index in [9.17, 15) is 13.6 Å². The first kappa shape index (κ1) is 17.6. The molecule has 1 saturated heterocycles. The molecule has 27 heavy (non-hydrogen) atoms. The van der Waals surface area contributed by atoms with Crippen molar-refractivity contribution >= 4 is 34.2 Å². The van der Waals surface area contributed by atoms with Gasteiger partial charge >= 0.3 is 0 Å². The van der Waals surface area contributed by atoms with Gasteiger partial charge < -0.3 is 9.80 Å². The van der Waals surface area contributed by atoms with Crippen LogP contribution in [0.25, 0.3) is 10.9 Å². The molecule has 4 rings (SSSR count). The number of anilines is 1. The molecule has 5 nitrogen and oxygen atoms in total. The SMILES string of the molecule is O=C(c1c(F)cccc1Cl)N1CCN(c2ncnc3c(F)cccc23)CC1. The van der Waals surface area contributed by atoms with Crippen LogP contribution in [-0.2, 0) is 0 Å². The van der Waals surface area contributed by atoms with Gasteiger partial charge in [0.2, 0.25) is 0 Å². The fraction of sp³-hybridized carbons (Fsp3) is 0.211. The monoisotopic (exact) mass is 388 g/mol. The molecule has 1 amide bonds. The molecular weight excluding hydrogens is 374 g/mol. The molecule has 0 spiro atoms. The van der Waals surface area contributed by atoms with Crippen molar-refractivity contribution in [2.45, 2.75) is 0 Å². The van der Waals surface area contributed by atoms with Gasteiger partial charge in [-0.2, -0.15) is 0 Å². The maximum atomic E-state index is 14.0. The highest BCUT2D eigenvalue weighted by molar-refractivity contribution is 6.33. The molecule has 0 saturated carbocycles. The Balaban J connectivity index is 1.55. The number of aromatic nitrogens is 2. The summed E-state index contributed by atoms with van der Waals surface area (Å²) in [6.45, 7) is 1.73. The highest BCUT2D eigenvalue weighted by Gasteiger charge is 2.27. The minimum atomic E-state index is -0.632. The Kier molecular flexibility index (Phi) is 4.61. The third-order valence-electron chi connectivity index (χ3n) is 4.64. The topological polar surface area (TPSA) is 49.3 Å². The van der Waals surface area contributed by atoms with Crippen molar-refractivity contribution in [2.24, 2.45) is 0 Å². The average molecular weight is 389 g/mol. The Bertz CT molecular complexity index is 1000. The second-order valence-corrected chi connectivity index (χ2v) is 6.62. The second kappa shape index (κ2) is 7.08. The molecule has 0 aliphatic carbocycles. The molecule has 0 bridgehead atoms. The number of nitrogens with zero attached hydrogens (tertiary/aromatic N) is 4. The van der Waals surface area contributed by atoms with E-state index in [4.69, 9.17) is 11.6 Å². The van der Waals surface area contributed by atoms with E-state index in [-0.39, 0.29) is 16.1 Å². The average Bonchev–Trinajstić information content (AvgIpc) is 2.68. The smallest absolute Gasteiger partial charge is 0.258 e. The highest BCUT2D eigenvalue weighted by Crippen LogP contribution is 2.26. The summed E-state index contributed by atoms with van der Waals surface area (Å²) in [5.74, 6) is -0.849. The van der Waals surface area contributed by atoms with E-state index in [0.717, 1.165) is 0 Å². The largest absolute Gasteiger partial charge is 0.352 e. The number of hydrogen-bond donors (Lipinski definition) is 0. The van der Waals surface area contributed by atoms with Crippen LogP contribution in [0.1, 0.15) is 10.4 Å². The molecule has 0 radical (unpaired) electrons. The van der Waals surface area contributed by atoms with Crippen molar-refractivity contribution in [1.82, 2.24) is 14.9 Å². The predicted octanol–water partition coefficient (Wildman–Crippen LogP) is 3.52. The Morgan fingerprint density at radius 3 is 2.41 bits per heavy atom. The van der Waals surface area contributed by atoms with Crippen LogP contribution in [0.4, 0.5) is 14.6 Å². The molecule has 0 N–H and O–H groups in total. The number of benzene rings is 2. The lowest BCUT2D eigenvalue weighted by Gasteiger charge is -2.36. The van der Waals surface area contributed by atoms with Crippen LogP contribution in [-0.4, -0.2) is 47.0 Å². The molecule has 0 atom stereocenters. The van der Waals surface area contributed by atoms with Crippen molar-refractivity contribution < 1.29 is 13.6 Å². The summed E-state index contributed by atoms with van der Waals surface area (Å²) >= 11 is 6.00. The van der Waals surface area contributed by atoms with Gasteiger partial charge in [-0.1, -0.05) is 23.7 Å². The maximum Gasteiger partial charge on any atom is 0.258 e. The zero-order valence-electron chi connectivity index (χ0n) is 14.2. The van der Waals surface area contributed by atoms with E-state index < -0.39 is 17.5 Å². The number of halogens is 3. The number of hydrogen-bond acceptors (Lipinski definition) is 4. The van der Waals surface area contributed by atoms with Gasteiger partial charge in [0, 0.05) is 31.6 Å². The molecule has 2 aromatic carbocycles. The summed E-state index contributed by atoms with van der Waals surface area (Å²) in [7, 11) is 0. The van der Waals surface area contributed by atoms with E-state index in [2.05, 4.69) is 9.97 Å². The number of fused-ring (bicyclic) bond motifs is 1. The molecule has 1 aliphatic heterocycles. The third-order valence-corrected chi connectivity index (χ3v) is 4.95. The Hall–Kier alpha value is -2.80. The van der Waals surface area contributed by atoms with Crippen molar-refractivity contribution in [3.05, 3.63) is 64.9 Å². The van der Waals surface area contributed by atoms with Gasteiger partial charge in [0.05, 0.1) is 10.6 Å². The van der Waals surface area contributed by atoms with Gasteiger partial charge in [0.15, 0.2) is 0 Å². The maximum absolute atomic E-state index is 14.0. The highest BCUT2D eigenvalue weighted by atomic mass is 35.5. The van der Waals surface area contributed by atoms with Crippen molar-refractivity contribution in [2.75, 3.05) is 31.1 Å². The normalized spacial score (nSPS) is 14.6. The molecule has 138 valence electrons. The fourth-order valence-corrected chi connectivity index (χ4v) is 3.52. The number of rotatable bonds is 2. The minimum Gasteiger partial charge on any atom is -0.352 e. The summed E-state index contributed by atoms with van der Waals surface area (Å²) in [6, 6.07) is 8.92. The van der Waals surface area contributed by atoms with Gasteiger partial charge in [-0.05, 0) is 24.3 Å². The van der Waals surface area contributed by atoms with Crippen molar-refractivity contribution in [3.8, 4) is 0 Å². The Labute approximate surface area is 159 Å². The molecule has 0 unspecified atom stereocenters. The third kappa shape index (κ3) is 3.19. The van der Waals surface area contributed by atoms with E-state index >= 15 is 0 Å². The summed E-state index contributed by atoms with van der Waals surface area (Å²) in [5, 5.41) is 0.717. The first-order chi connectivity index (χ1) is 13.1. The van der Waals surface area contributed by atoms with E-state index in [0.29, 0.717) is 37.4 Å². The quantitative estimate of drug-likeness (QED) is 0.674. The number of carbonyl (C=O) groups is 1. The number of amides is 1. The van der Waals surface area contributed by atoms with Gasteiger partial charge in [-0.3, -0.25) is 4.79 Å². The van der Waals surface area contributed by atoms with Crippen LogP contribution in [0.5, 0.6) is 0 Å². The lowest BCUT2D eigenvalue weighted by molar-refractivity contribution is 0.0742. The molecule has 3 aromatic rings. The van der Waals surface area contributed by atoms with E-state index in [1.54, 1.807) is 17.0 Å². The van der Waals surface area contributed by atoms with E-state index in [1.165, 1.54) is 30.6 Å². The van der Waals surface area contributed by atoms with Gasteiger partial charge in [-0.15, -0.1) is 0 Å². The van der Waals surface area contributed by atoms with Crippen LogP contribution >= 0.6 is 11.6 Å². The summed E-state index contributed by atoms with van der Waals surface area (Å²) in [6.07, 6.45) is 1.33. The molecule has 1 fully saturated rings. The van der Waals surface area contributed by atoms with Gasteiger partial charge in [0.25, 0.3) is 5.91 Å². The standard InChI is InChI=1S/C19H15ClF2N4O/c20-13-4-2-5-14(21)16(13)19(27)26-9-7-25(8-10-26)18-12-3-1-6-15(22)17(12)23-11-24-18/h1-6,11H,7-10H2. The summed E-state index contributed by atoms with van der Waals surface area (Å²) in [5.41, 5.74) is 0.154. The lowest BCUT2D eigenvalue weighted by atomic mass is 10.1. The van der Waals surface area contributed by atoms with E-state index in [1.807, 2.05) is 4.90 Å². The minimum absolute atomic E-state index is 0.0969. The molecular formula is C19H15ClF2N4O. The van der Waals surface area contributed by atoms with Crippen LogP contribution in [0.2, 0.25) is 5.02 Å². The van der Waals surface area contributed by atoms with Crippen LogP contribution < -0.4 is 4.90 Å². The first-order valence-corrected chi connectivity index (χ1v) is 8.81. The Morgan fingerprint density at radius 1 is 0.963 bits per heavy atom. The Morgan fingerprint density at radius 2 is 1.67 bits per heavy atom.